The lowest BCUT2D eigenvalue weighted by Gasteiger charge is -2.23. The molecule has 2 aromatic rings. The molecule has 0 aliphatic carbocycles. The third-order valence-corrected chi connectivity index (χ3v) is 7.08. The Balaban J connectivity index is 2.19. The van der Waals surface area contributed by atoms with Gasteiger partial charge >= 0.3 is 5.97 Å². The van der Waals surface area contributed by atoms with Gasteiger partial charge in [0.25, 0.3) is 0 Å². The minimum absolute atomic E-state index is 0.0212. The Hall–Kier alpha value is -1.22. The van der Waals surface area contributed by atoms with Crippen LogP contribution in [0, 0.1) is 0 Å². The number of sulfonamides is 1. The molecule has 8 heteroatoms. The maximum absolute atomic E-state index is 12.5. The molecule has 2 rings (SSSR count). The summed E-state index contributed by atoms with van der Waals surface area (Å²) in [6.07, 6.45) is 0.628. The van der Waals surface area contributed by atoms with Gasteiger partial charge in [-0.1, -0.05) is 6.07 Å². The minimum atomic E-state index is -3.67. The van der Waals surface area contributed by atoms with Gasteiger partial charge in [-0.05, 0) is 30.9 Å². The largest absolute Gasteiger partial charge is 0.477 e. The summed E-state index contributed by atoms with van der Waals surface area (Å²) in [5.41, 5.74) is 0. The molecule has 114 valence electrons. The summed E-state index contributed by atoms with van der Waals surface area (Å²) in [6, 6.07) is 4.90. The van der Waals surface area contributed by atoms with Gasteiger partial charge in [0.05, 0.1) is 4.90 Å². The van der Waals surface area contributed by atoms with E-state index in [0.29, 0.717) is 6.42 Å². The van der Waals surface area contributed by atoms with Crippen molar-refractivity contribution < 1.29 is 18.3 Å². The first-order chi connectivity index (χ1) is 9.82. The van der Waals surface area contributed by atoms with Crippen molar-refractivity contribution in [2.75, 3.05) is 7.05 Å². The van der Waals surface area contributed by atoms with Crippen molar-refractivity contribution in [3.05, 3.63) is 38.7 Å². The second kappa shape index (κ2) is 6.27. The summed E-state index contributed by atoms with van der Waals surface area (Å²) >= 11 is 2.50. The van der Waals surface area contributed by atoms with E-state index in [0.717, 1.165) is 16.2 Å². The second-order valence-corrected chi connectivity index (χ2v) is 8.55. The third kappa shape index (κ3) is 3.52. The number of aromatic carboxylic acids is 1. The van der Waals surface area contributed by atoms with Gasteiger partial charge in [-0.3, -0.25) is 0 Å². The molecule has 0 bridgehead atoms. The van der Waals surface area contributed by atoms with E-state index >= 15 is 0 Å². The van der Waals surface area contributed by atoms with Crippen LogP contribution in [0.2, 0.25) is 0 Å². The van der Waals surface area contributed by atoms with Gasteiger partial charge in [0.15, 0.2) is 0 Å². The summed E-state index contributed by atoms with van der Waals surface area (Å²) in [4.78, 5) is 12.0. The molecule has 21 heavy (non-hydrogen) atoms. The highest BCUT2D eigenvalue weighted by molar-refractivity contribution is 7.89. The number of rotatable bonds is 6. The van der Waals surface area contributed by atoms with Crippen molar-refractivity contribution in [1.82, 2.24) is 4.31 Å². The van der Waals surface area contributed by atoms with Crippen molar-refractivity contribution >= 4 is 38.7 Å². The summed E-state index contributed by atoms with van der Waals surface area (Å²) < 4.78 is 26.3. The first-order valence-corrected chi connectivity index (χ1v) is 9.34. The lowest BCUT2D eigenvalue weighted by atomic mass is 10.2. The fourth-order valence-electron chi connectivity index (χ4n) is 1.82. The van der Waals surface area contributed by atoms with E-state index in [1.54, 1.807) is 11.3 Å². The summed E-state index contributed by atoms with van der Waals surface area (Å²) in [5, 5.41) is 12.2. The molecule has 1 atom stereocenters. The fraction of sp³-hybridized carbons (Fsp3) is 0.308. The van der Waals surface area contributed by atoms with E-state index in [2.05, 4.69) is 0 Å². The molecular formula is C13H15NO4S3. The number of hydrogen-bond acceptors (Lipinski definition) is 5. The van der Waals surface area contributed by atoms with Gasteiger partial charge in [-0.25, -0.2) is 13.2 Å². The van der Waals surface area contributed by atoms with Crippen LogP contribution in [0.3, 0.4) is 0 Å². The standard InChI is InChI=1S/C13H15NO4S3/c1-9(6-10-4-3-5-19-10)14(2)21(17,18)11-7-12(13(15)16)20-8-11/h3-5,7-9H,6H2,1-2H3,(H,15,16). The van der Waals surface area contributed by atoms with Crippen LogP contribution in [0.1, 0.15) is 21.5 Å². The monoisotopic (exact) mass is 345 g/mol. The Morgan fingerprint density at radius 1 is 1.43 bits per heavy atom. The summed E-state index contributed by atoms with van der Waals surface area (Å²) in [7, 11) is -2.15. The SMILES string of the molecule is CC(Cc1cccs1)N(C)S(=O)(=O)c1csc(C(=O)O)c1. The number of carboxylic acid groups (broad SMARTS) is 1. The zero-order valence-corrected chi connectivity index (χ0v) is 14.0. The number of hydrogen-bond donors (Lipinski definition) is 1. The van der Waals surface area contributed by atoms with Crippen LogP contribution < -0.4 is 0 Å². The van der Waals surface area contributed by atoms with E-state index in [1.807, 2.05) is 24.4 Å². The zero-order chi connectivity index (χ0) is 15.6. The molecule has 0 saturated carbocycles. The molecule has 0 aliphatic heterocycles. The molecule has 0 saturated heterocycles. The zero-order valence-electron chi connectivity index (χ0n) is 11.5. The Kier molecular flexibility index (Phi) is 4.82. The molecule has 2 heterocycles. The van der Waals surface area contributed by atoms with Gasteiger partial charge in [-0.2, -0.15) is 4.31 Å². The molecule has 5 nitrogen and oxygen atoms in total. The lowest BCUT2D eigenvalue weighted by molar-refractivity contribution is 0.0702. The first kappa shape index (κ1) is 16.2. The maximum Gasteiger partial charge on any atom is 0.345 e. The molecule has 2 aromatic heterocycles. The Morgan fingerprint density at radius 2 is 2.14 bits per heavy atom. The van der Waals surface area contributed by atoms with Crippen LogP contribution in [0.15, 0.2) is 33.9 Å². The van der Waals surface area contributed by atoms with E-state index in [9.17, 15) is 13.2 Å². The smallest absolute Gasteiger partial charge is 0.345 e. The van der Waals surface area contributed by atoms with E-state index in [4.69, 9.17) is 5.11 Å². The predicted octanol–water partition coefficient (Wildman–Crippen LogP) is 2.76. The highest BCUT2D eigenvalue weighted by Crippen LogP contribution is 2.24. The van der Waals surface area contributed by atoms with E-state index in [-0.39, 0.29) is 15.8 Å². The topological polar surface area (TPSA) is 74.7 Å². The molecular weight excluding hydrogens is 330 g/mol. The highest BCUT2D eigenvalue weighted by atomic mass is 32.2. The van der Waals surface area contributed by atoms with Crippen molar-refractivity contribution in [3.63, 3.8) is 0 Å². The quantitative estimate of drug-likeness (QED) is 0.873. The van der Waals surface area contributed by atoms with Crippen molar-refractivity contribution in [2.24, 2.45) is 0 Å². The van der Waals surface area contributed by atoms with Crippen LogP contribution in [0.4, 0.5) is 0 Å². The van der Waals surface area contributed by atoms with E-state index in [1.165, 1.54) is 22.8 Å². The molecule has 0 amide bonds. The molecule has 0 aromatic carbocycles. The van der Waals surface area contributed by atoms with Crippen LogP contribution in [-0.2, 0) is 16.4 Å². The molecule has 0 radical (unpaired) electrons. The van der Waals surface area contributed by atoms with Crippen molar-refractivity contribution in [3.8, 4) is 0 Å². The molecule has 1 N–H and O–H groups in total. The summed E-state index contributed by atoms with van der Waals surface area (Å²) in [5.74, 6) is -1.12. The number of nitrogens with zero attached hydrogens (tertiary/aromatic N) is 1. The van der Waals surface area contributed by atoms with Crippen LogP contribution >= 0.6 is 22.7 Å². The predicted molar refractivity (Wildman–Crippen MR) is 83.7 cm³/mol. The number of likely N-dealkylation sites (N-methyl/N-ethyl adjacent to an activating group) is 1. The highest BCUT2D eigenvalue weighted by Gasteiger charge is 2.27. The Morgan fingerprint density at radius 3 is 2.67 bits per heavy atom. The van der Waals surface area contributed by atoms with Gasteiger partial charge in [0.2, 0.25) is 10.0 Å². The fourth-order valence-corrected chi connectivity index (χ4v) is 5.10. The third-order valence-electron chi connectivity index (χ3n) is 3.16. The van der Waals surface area contributed by atoms with Gasteiger partial charge in [0.1, 0.15) is 4.88 Å². The van der Waals surface area contributed by atoms with Crippen molar-refractivity contribution in [1.29, 1.82) is 0 Å². The first-order valence-electron chi connectivity index (χ1n) is 6.14. The van der Waals surface area contributed by atoms with Gasteiger partial charge in [-0.15, -0.1) is 22.7 Å². The lowest BCUT2D eigenvalue weighted by Crippen LogP contribution is -2.36. The molecule has 0 spiro atoms. The van der Waals surface area contributed by atoms with Gasteiger partial charge < -0.3 is 5.11 Å². The number of thiophene rings is 2. The average molecular weight is 345 g/mol. The van der Waals surface area contributed by atoms with Crippen molar-refractivity contribution in [2.45, 2.75) is 24.3 Å². The molecule has 1 unspecified atom stereocenters. The normalized spacial score (nSPS) is 13.5. The number of carbonyl (C=O) groups is 1. The Labute approximate surface area is 131 Å². The van der Waals surface area contributed by atoms with Gasteiger partial charge in [0, 0.05) is 23.3 Å². The number of carboxylic acids is 1. The Bertz CT molecular complexity index is 718. The molecule has 0 fully saturated rings. The average Bonchev–Trinajstić information content (AvgIpc) is 3.08. The van der Waals surface area contributed by atoms with Crippen LogP contribution in [-0.4, -0.2) is 36.9 Å². The van der Waals surface area contributed by atoms with E-state index < -0.39 is 16.0 Å². The summed E-state index contributed by atoms with van der Waals surface area (Å²) in [6.45, 7) is 1.84. The second-order valence-electron chi connectivity index (χ2n) is 4.61. The van der Waals surface area contributed by atoms with Crippen LogP contribution in [0.5, 0.6) is 0 Å². The van der Waals surface area contributed by atoms with Crippen LogP contribution in [0.25, 0.3) is 0 Å². The maximum atomic E-state index is 12.5. The molecule has 0 aliphatic rings. The minimum Gasteiger partial charge on any atom is -0.477 e.